The van der Waals surface area contributed by atoms with Crippen molar-refractivity contribution >= 4 is 0 Å². The Kier molecular flexibility index (Phi) is 3.72. The highest BCUT2D eigenvalue weighted by Crippen LogP contribution is 2.50. The van der Waals surface area contributed by atoms with Gasteiger partial charge in [-0.1, -0.05) is 6.92 Å². The third kappa shape index (κ3) is 2.30. The standard InChI is InChI=1S/C18H20O6/c1-7-4-10(5-13(21)15(7)22)18-16(23)9(3)14-12(20)6-11(19)8(2)17(14)24-18/h4-6,9,16,18-23H,1-3H3. The lowest BCUT2D eigenvalue weighted by molar-refractivity contribution is 0.00212. The lowest BCUT2D eigenvalue weighted by atomic mass is 9.84. The van der Waals surface area contributed by atoms with Crippen molar-refractivity contribution < 1.29 is 30.3 Å². The zero-order valence-electron chi connectivity index (χ0n) is 13.6. The van der Waals surface area contributed by atoms with Crippen LogP contribution in [0.25, 0.3) is 0 Å². The van der Waals surface area contributed by atoms with E-state index < -0.39 is 18.1 Å². The third-order valence-electron chi connectivity index (χ3n) is 4.67. The molecular weight excluding hydrogens is 312 g/mol. The number of ether oxygens (including phenoxy) is 1. The third-order valence-corrected chi connectivity index (χ3v) is 4.67. The maximum Gasteiger partial charge on any atom is 0.160 e. The number of hydrogen-bond donors (Lipinski definition) is 5. The summed E-state index contributed by atoms with van der Waals surface area (Å²) in [6.07, 6.45) is -1.78. The van der Waals surface area contributed by atoms with Gasteiger partial charge in [0, 0.05) is 23.1 Å². The Morgan fingerprint density at radius 3 is 2.21 bits per heavy atom. The van der Waals surface area contributed by atoms with E-state index in [1.165, 1.54) is 12.1 Å². The monoisotopic (exact) mass is 332 g/mol. The molecule has 1 aliphatic rings. The molecule has 0 amide bonds. The van der Waals surface area contributed by atoms with E-state index in [1.807, 2.05) is 0 Å². The second-order valence-corrected chi connectivity index (χ2v) is 6.31. The first-order valence-electron chi connectivity index (χ1n) is 7.65. The number of rotatable bonds is 1. The van der Waals surface area contributed by atoms with Crippen LogP contribution in [0.3, 0.4) is 0 Å². The second-order valence-electron chi connectivity index (χ2n) is 6.31. The molecule has 0 radical (unpaired) electrons. The van der Waals surface area contributed by atoms with Gasteiger partial charge in [0.15, 0.2) is 17.6 Å². The van der Waals surface area contributed by atoms with E-state index in [9.17, 15) is 25.5 Å². The average Bonchev–Trinajstić information content (AvgIpc) is 2.52. The van der Waals surface area contributed by atoms with E-state index in [4.69, 9.17) is 4.74 Å². The number of aryl methyl sites for hydroxylation is 1. The molecule has 6 heteroatoms. The van der Waals surface area contributed by atoms with Crippen LogP contribution in [0.15, 0.2) is 18.2 Å². The summed E-state index contributed by atoms with van der Waals surface area (Å²) in [7, 11) is 0. The molecule has 1 aliphatic heterocycles. The SMILES string of the molecule is Cc1cc(C2Oc3c(C)c(O)cc(O)c3C(C)C2O)cc(O)c1O. The summed E-state index contributed by atoms with van der Waals surface area (Å²) in [5.41, 5.74) is 1.85. The van der Waals surface area contributed by atoms with Crippen molar-refractivity contribution in [3.05, 3.63) is 40.5 Å². The van der Waals surface area contributed by atoms with Gasteiger partial charge in [0.05, 0.1) is 0 Å². The molecule has 2 aromatic carbocycles. The van der Waals surface area contributed by atoms with Gasteiger partial charge < -0.3 is 30.3 Å². The summed E-state index contributed by atoms with van der Waals surface area (Å²) in [5, 5.41) is 50.2. The molecule has 3 atom stereocenters. The van der Waals surface area contributed by atoms with Gasteiger partial charge in [0.25, 0.3) is 0 Å². The first-order valence-corrected chi connectivity index (χ1v) is 7.65. The molecule has 5 N–H and O–H groups in total. The molecule has 24 heavy (non-hydrogen) atoms. The molecule has 3 unspecified atom stereocenters. The Morgan fingerprint density at radius 1 is 0.917 bits per heavy atom. The van der Waals surface area contributed by atoms with Crippen LogP contribution in [-0.2, 0) is 0 Å². The maximum absolute atomic E-state index is 10.6. The Balaban J connectivity index is 2.14. The summed E-state index contributed by atoms with van der Waals surface area (Å²) in [5.74, 6) is -0.880. The highest BCUT2D eigenvalue weighted by Gasteiger charge is 2.39. The number of phenols is 4. The van der Waals surface area contributed by atoms with Gasteiger partial charge in [0.1, 0.15) is 23.4 Å². The molecule has 0 spiro atoms. The Bertz CT molecular complexity index is 791. The quantitative estimate of drug-likeness (QED) is 0.514. The van der Waals surface area contributed by atoms with Crippen LogP contribution >= 0.6 is 0 Å². The van der Waals surface area contributed by atoms with Crippen LogP contribution < -0.4 is 4.74 Å². The van der Waals surface area contributed by atoms with E-state index in [-0.39, 0.29) is 23.0 Å². The smallest absolute Gasteiger partial charge is 0.160 e. The maximum atomic E-state index is 10.6. The van der Waals surface area contributed by atoms with Crippen molar-refractivity contribution in [2.24, 2.45) is 0 Å². The van der Waals surface area contributed by atoms with E-state index in [0.29, 0.717) is 28.0 Å². The first kappa shape index (κ1) is 16.3. The second kappa shape index (κ2) is 5.49. The molecule has 3 rings (SSSR count). The Morgan fingerprint density at radius 2 is 1.58 bits per heavy atom. The van der Waals surface area contributed by atoms with Gasteiger partial charge >= 0.3 is 0 Å². The number of fused-ring (bicyclic) bond motifs is 1. The van der Waals surface area contributed by atoms with Crippen LogP contribution in [0, 0.1) is 13.8 Å². The van der Waals surface area contributed by atoms with Gasteiger partial charge in [0.2, 0.25) is 0 Å². The van der Waals surface area contributed by atoms with Crippen LogP contribution in [0.4, 0.5) is 0 Å². The van der Waals surface area contributed by atoms with Crippen molar-refractivity contribution in [1.29, 1.82) is 0 Å². The molecule has 0 saturated heterocycles. The lowest BCUT2D eigenvalue weighted by Crippen LogP contribution is -2.33. The fourth-order valence-electron chi connectivity index (χ4n) is 3.19. The fourth-order valence-corrected chi connectivity index (χ4v) is 3.19. The summed E-state index contributed by atoms with van der Waals surface area (Å²) in [6, 6.07) is 4.20. The number of aliphatic hydroxyl groups excluding tert-OH is 1. The molecule has 0 aliphatic carbocycles. The highest BCUT2D eigenvalue weighted by molar-refractivity contribution is 5.59. The first-order chi connectivity index (χ1) is 11.2. The molecule has 0 saturated carbocycles. The number of aliphatic hydroxyl groups is 1. The number of hydrogen-bond acceptors (Lipinski definition) is 6. The zero-order chi connectivity index (χ0) is 17.8. The van der Waals surface area contributed by atoms with E-state index in [2.05, 4.69) is 0 Å². The minimum atomic E-state index is -0.976. The van der Waals surface area contributed by atoms with Gasteiger partial charge in [-0.2, -0.15) is 0 Å². The summed E-state index contributed by atoms with van der Waals surface area (Å²) < 4.78 is 5.88. The zero-order valence-corrected chi connectivity index (χ0v) is 13.6. The predicted octanol–water partition coefficient (Wildman–Crippen LogP) is 2.72. The van der Waals surface area contributed by atoms with E-state index >= 15 is 0 Å². The van der Waals surface area contributed by atoms with Crippen LogP contribution in [0.1, 0.15) is 41.2 Å². The summed E-state index contributed by atoms with van der Waals surface area (Å²) >= 11 is 0. The number of aromatic hydroxyl groups is 4. The predicted molar refractivity (Wildman–Crippen MR) is 86.8 cm³/mol. The minimum absolute atomic E-state index is 0.0988. The Hall–Kier alpha value is -2.60. The van der Waals surface area contributed by atoms with Crippen molar-refractivity contribution in [2.45, 2.75) is 38.9 Å². The molecule has 128 valence electrons. The molecular formula is C18H20O6. The van der Waals surface area contributed by atoms with Gasteiger partial charge in [-0.3, -0.25) is 0 Å². The largest absolute Gasteiger partial charge is 0.507 e. The normalized spacial score (nSPS) is 22.8. The number of benzene rings is 2. The van der Waals surface area contributed by atoms with Gasteiger partial charge in [-0.05, 0) is 37.1 Å². The van der Waals surface area contributed by atoms with Gasteiger partial charge in [-0.15, -0.1) is 0 Å². The highest BCUT2D eigenvalue weighted by atomic mass is 16.5. The van der Waals surface area contributed by atoms with Crippen LogP contribution in [-0.4, -0.2) is 31.6 Å². The van der Waals surface area contributed by atoms with Crippen LogP contribution in [0.2, 0.25) is 0 Å². The van der Waals surface area contributed by atoms with Crippen molar-refractivity contribution in [3.8, 4) is 28.7 Å². The summed E-state index contributed by atoms with van der Waals surface area (Å²) in [4.78, 5) is 0. The topological polar surface area (TPSA) is 110 Å². The molecule has 0 fully saturated rings. The van der Waals surface area contributed by atoms with E-state index in [1.54, 1.807) is 26.8 Å². The Labute approximate surface area is 139 Å². The molecule has 0 bridgehead atoms. The molecule has 2 aromatic rings. The van der Waals surface area contributed by atoms with Gasteiger partial charge in [-0.25, -0.2) is 0 Å². The molecule has 1 heterocycles. The lowest BCUT2D eigenvalue weighted by Gasteiger charge is -2.36. The molecule has 0 aromatic heterocycles. The van der Waals surface area contributed by atoms with E-state index in [0.717, 1.165) is 0 Å². The van der Waals surface area contributed by atoms with Crippen molar-refractivity contribution in [2.75, 3.05) is 0 Å². The summed E-state index contributed by atoms with van der Waals surface area (Å²) in [6.45, 7) is 5.05. The molecule has 6 nitrogen and oxygen atoms in total. The van der Waals surface area contributed by atoms with Crippen LogP contribution in [0.5, 0.6) is 28.7 Å². The fraction of sp³-hybridized carbons (Fsp3) is 0.333. The number of phenolic OH excluding ortho intramolecular Hbond substituents is 4. The van der Waals surface area contributed by atoms with Crippen molar-refractivity contribution in [3.63, 3.8) is 0 Å². The van der Waals surface area contributed by atoms with Crippen molar-refractivity contribution in [1.82, 2.24) is 0 Å². The average molecular weight is 332 g/mol. The minimum Gasteiger partial charge on any atom is -0.507 e.